The zero-order valence-corrected chi connectivity index (χ0v) is 12.0. The lowest BCUT2D eigenvalue weighted by Crippen LogP contribution is -2.48. The Kier molecular flexibility index (Phi) is 6.09. The van der Waals surface area contributed by atoms with E-state index in [2.05, 4.69) is 10.2 Å². The predicted molar refractivity (Wildman–Crippen MR) is 73.4 cm³/mol. The Morgan fingerprint density at radius 3 is 2.67 bits per heavy atom. The summed E-state index contributed by atoms with van der Waals surface area (Å²) in [6.07, 6.45) is 3.94. The zero-order valence-electron chi connectivity index (χ0n) is 12.0. The molecule has 1 unspecified atom stereocenters. The normalized spacial score (nSPS) is 21.9. The van der Waals surface area contributed by atoms with Gasteiger partial charge in [0, 0.05) is 26.6 Å². The van der Waals surface area contributed by atoms with Gasteiger partial charge in [-0.25, -0.2) is 0 Å². The Hall–Kier alpha value is -0.610. The summed E-state index contributed by atoms with van der Waals surface area (Å²) >= 11 is 0. The maximum Gasteiger partial charge on any atom is 0.216 e. The molecule has 106 valence electrons. The van der Waals surface area contributed by atoms with Crippen molar-refractivity contribution in [1.29, 1.82) is 0 Å². The third-order valence-electron chi connectivity index (χ3n) is 4.08. The molecule has 1 rings (SSSR count). The van der Waals surface area contributed by atoms with Crippen LogP contribution in [0, 0.1) is 5.92 Å². The van der Waals surface area contributed by atoms with Crippen LogP contribution in [0.2, 0.25) is 0 Å². The average Bonchev–Trinajstić information content (AvgIpc) is 2.36. The van der Waals surface area contributed by atoms with Crippen molar-refractivity contribution in [1.82, 2.24) is 10.2 Å². The van der Waals surface area contributed by atoms with Crippen LogP contribution < -0.4 is 5.32 Å². The second kappa shape index (κ2) is 7.10. The Morgan fingerprint density at radius 1 is 1.44 bits per heavy atom. The van der Waals surface area contributed by atoms with Crippen LogP contribution in [0.4, 0.5) is 0 Å². The number of hydrogen-bond donors (Lipinski definition) is 2. The van der Waals surface area contributed by atoms with Crippen molar-refractivity contribution in [3.8, 4) is 0 Å². The number of amides is 1. The molecule has 0 radical (unpaired) electrons. The predicted octanol–water partition coefficient (Wildman–Crippen LogP) is 1.39. The maximum atomic E-state index is 10.9. The number of carbonyl (C=O) groups is 1. The lowest BCUT2D eigenvalue weighted by atomic mass is 9.93. The fraction of sp³-hybridized carbons (Fsp3) is 0.929. The van der Waals surface area contributed by atoms with Crippen LogP contribution >= 0.6 is 0 Å². The third kappa shape index (κ3) is 4.94. The molecule has 0 aromatic carbocycles. The van der Waals surface area contributed by atoms with E-state index in [1.165, 1.54) is 6.42 Å². The SMILES string of the molecule is CCC(O)(CC)CN1CCCC(CNC(C)=O)C1. The highest BCUT2D eigenvalue weighted by molar-refractivity contribution is 5.72. The molecular weight excluding hydrogens is 228 g/mol. The number of hydrogen-bond acceptors (Lipinski definition) is 3. The molecule has 1 amide bonds. The monoisotopic (exact) mass is 256 g/mol. The summed E-state index contributed by atoms with van der Waals surface area (Å²) in [6, 6.07) is 0. The number of nitrogens with zero attached hydrogens (tertiary/aromatic N) is 1. The molecule has 1 aliphatic rings. The second-order valence-electron chi connectivity index (χ2n) is 5.61. The first-order valence-electron chi connectivity index (χ1n) is 7.18. The van der Waals surface area contributed by atoms with Crippen LogP contribution in [0.3, 0.4) is 0 Å². The largest absolute Gasteiger partial charge is 0.389 e. The highest BCUT2D eigenvalue weighted by Crippen LogP contribution is 2.21. The fourth-order valence-electron chi connectivity index (χ4n) is 2.64. The van der Waals surface area contributed by atoms with Crippen LogP contribution in [0.1, 0.15) is 46.5 Å². The standard InChI is InChI=1S/C14H28N2O2/c1-4-14(18,5-2)11-16-8-6-7-13(10-16)9-15-12(3)17/h13,18H,4-11H2,1-3H3,(H,15,17). The van der Waals surface area contributed by atoms with Crippen molar-refractivity contribution in [3.05, 3.63) is 0 Å². The molecule has 1 saturated heterocycles. The lowest BCUT2D eigenvalue weighted by molar-refractivity contribution is -0.119. The van der Waals surface area contributed by atoms with Gasteiger partial charge >= 0.3 is 0 Å². The topological polar surface area (TPSA) is 52.6 Å². The average molecular weight is 256 g/mol. The van der Waals surface area contributed by atoms with Gasteiger partial charge in [0.25, 0.3) is 0 Å². The van der Waals surface area contributed by atoms with Crippen molar-refractivity contribution in [2.24, 2.45) is 5.92 Å². The van der Waals surface area contributed by atoms with Crippen molar-refractivity contribution < 1.29 is 9.90 Å². The summed E-state index contributed by atoms with van der Waals surface area (Å²) in [5.74, 6) is 0.575. The highest BCUT2D eigenvalue weighted by Gasteiger charge is 2.28. The van der Waals surface area contributed by atoms with Gasteiger partial charge in [-0.1, -0.05) is 13.8 Å². The highest BCUT2D eigenvalue weighted by atomic mass is 16.3. The molecule has 4 nitrogen and oxygen atoms in total. The third-order valence-corrected chi connectivity index (χ3v) is 4.08. The summed E-state index contributed by atoms with van der Waals surface area (Å²) in [5.41, 5.74) is -0.546. The molecule has 0 saturated carbocycles. The van der Waals surface area contributed by atoms with Crippen LogP contribution in [0.5, 0.6) is 0 Å². The Morgan fingerprint density at radius 2 is 2.11 bits per heavy atom. The van der Waals surface area contributed by atoms with Gasteiger partial charge in [0.2, 0.25) is 5.91 Å². The van der Waals surface area contributed by atoms with E-state index in [0.717, 1.165) is 45.4 Å². The van der Waals surface area contributed by atoms with Gasteiger partial charge in [0.1, 0.15) is 0 Å². The van der Waals surface area contributed by atoms with Gasteiger partial charge in [-0.15, -0.1) is 0 Å². The summed E-state index contributed by atoms with van der Waals surface area (Å²) < 4.78 is 0. The minimum absolute atomic E-state index is 0.0470. The molecule has 1 atom stereocenters. The van der Waals surface area contributed by atoms with Gasteiger partial charge in [0.05, 0.1) is 5.60 Å². The van der Waals surface area contributed by atoms with E-state index >= 15 is 0 Å². The first kappa shape index (κ1) is 15.4. The maximum absolute atomic E-state index is 10.9. The molecule has 4 heteroatoms. The Bertz CT molecular complexity index is 265. The van der Waals surface area contributed by atoms with Crippen molar-refractivity contribution in [2.75, 3.05) is 26.2 Å². The molecule has 1 fully saturated rings. The van der Waals surface area contributed by atoms with Gasteiger partial charge in [0.15, 0.2) is 0 Å². The quantitative estimate of drug-likeness (QED) is 0.755. The summed E-state index contributed by atoms with van der Waals surface area (Å²) in [6.45, 7) is 9.23. The number of piperidine rings is 1. The van der Waals surface area contributed by atoms with Gasteiger partial charge in [-0.2, -0.15) is 0 Å². The summed E-state index contributed by atoms with van der Waals surface area (Å²) in [7, 11) is 0. The molecule has 18 heavy (non-hydrogen) atoms. The molecule has 1 heterocycles. The number of likely N-dealkylation sites (tertiary alicyclic amines) is 1. The summed E-state index contributed by atoms with van der Waals surface area (Å²) in [4.78, 5) is 13.3. The Balaban J connectivity index is 2.41. The van der Waals surface area contributed by atoms with Gasteiger partial charge < -0.3 is 15.3 Å². The zero-order chi connectivity index (χ0) is 13.6. The molecular formula is C14H28N2O2. The Labute approximate surface area is 111 Å². The molecule has 1 aliphatic heterocycles. The van der Waals surface area contributed by atoms with E-state index in [9.17, 15) is 9.90 Å². The smallest absolute Gasteiger partial charge is 0.216 e. The number of rotatable bonds is 6. The van der Waals surface area contributed by atoms with E-state index in [1.54, 1.807) is 6.92 Å². The van der Waals surface area contributed by atoms with E-state index in [0.29, 0.717) is 5.92 Å². The fourth-order valence-corrected chi connectivity index (χ4v) is 2.64. The number of aliphatic hydroxyl groups is 1. The molecule has 0 aromatic heterocycles. The minimum atomic E-state index is -0.546. The number of β-amino-alcohol motifs (C(OH)–C–C–N with tert-alkyl or cyclic N) is 1. The molecule has 0 bridgehead atoms. The van der Waals surface area contributed by atoms with E-state index in [1.807, 2.05) is 13.8 Å². The van der Waals surface area contributed by atoms with Crippen molar-refractivity contribution in [2.45, 2.75) is 52.1 Å². The van der Waals surface area contributed by atoms with E-state index in [-0.39, 0.29) is 5.91 Å². The number of carbonyl (C=O) groups excluding carboxylic acids is 1. The van der Waals surface area contributed by atoms with Crippen molar-refractivity contribution in [3.63, 3.8) is 0 Å². The second-order valence-corrected chi connectivity index (χ2v) is 5.61. The lowest BCUT2D eigenvalue weighted by Gasteiger charge is -2.38. The molecule has 0 aromatic rings. The van der Waals surface area contributed by atoms with Gasteiger partial charge in [-0.05, 0) is 38.1 Å². The van der Waals surface area contributed by atoms with Crippen LogP contribution in [-0.2, 0) is 4.79 Å². The van der Waals surface area contributed by atoms with Crippen molar-refractivity contribution >= 4 is 5.91 Å². The minimum Gasteiger partial charge on any atom is -0.389 e. The molecule has 0 spiro atoms. The first-order chi connectivity index (χ1) is 8.49. The first-order valence-corrected chi connectivity index (χ1v) is 7.18. The molecule has 0 aliphatic carbocycles. The van der Waals surface area contributed by atoms with Crippen LogP contribution in [0.25, 0.3) is 0 Å². The van der Waals surface area contributed by atoms with Gasteiger partial charge in [-0.3, -0.25) is 4.79 Å². The van der Waals surface area contributed by atoms with Crippen LogP contribution in [-0.4, -0.2) is 47.7 Å². The van der Waals surface area contributed by atoms with Crippen LogP contribution in [0.15, 0.2) is 0 Å². The van der Waals surface area contributed by atoms with E-state index in [4.69, 9.17) is 0 Å². The molecule has 2 N–H and O–H groups in total. The summed E-state index contributed by atoms with van der Waals surface area (Å²) in [5, 5.41) is 13.3. The van der Waals surface area contributed by atoms with E-state index < -0.39 is 5.60 Å². The number of nitrogens with one attached hydrogen (secondary N) is 1.